The molecule has 10 heteroatoms. The summed E-state index contributed by atoms with van der Waals surface area (Å²) in [6.07, 6.45) is 3.60. The van der Waals surface area contributed by atoms with E-state index in [-0.39, 0.29) is 11.4 Å². The molecule has 4 heterocycles. The second-order valence-corrected chi connectivity index (χ2v) is 12.1. The minimum absolute atomic E-state index is 0.0298. The fourth-order valence-electron chi connectivity index (χ4n) is 6.17. The Hall–Kier alpha value is -3.42. The predicted molar refractivity (Wildman–Crippen MR) is 148 cm³/mol. The number of aromatic nitrogens is 3. The third-order valence-corrected chi connectivity index (χ3v) is 9.24. The van der Waals surface area contributed by atoms with E-state index in [1.807, 2.05) is 18.2 Å². The first-order valence-electron chi connectivity index (χ1n) is 13.7. The molecule has 0 amide bonds. The molecular weight excluding hydrogens is 535 g/mol. The predicted octanol–water partition coefficient (Wildman–Crippen LogP) is 6.60. The van der Waals surface area contributed by atoms with Gasteiger partial charge in [0.15, 0.2) is 5.69 Å². The Morgan fingerprint density at radius 3 is 2.67 bits per heavy atom. The highest BCUT2D eigenvalue weighted by Crippen LogP contribution is 2.44. The van der Waals surface area contributed by atoms with Crippen LogP contribution in [0.3, 0.4) is 0 Å². The Bertz CT molecular complexity index is 1640. The third-order valence-electron chi connectivity index (χ3n) is 8.31. The summed E-state index contributed by atoms with van der Waals surface area (Å²) in [7, 11) is 0. The zero-order valence-corrected chi connectivity index (χ0v) is 23.0. The lowest BCUT2D eigenvalue weighted by Gasteiger charge is -2.33. The lowest BCUT2D eigenvalue weighted by atomic mass is 9.73. The van der Waals surface area contributed by atoms with Crippen LogP contribution >= 0.6 is 11.3 Å². The maximum Gasteiger partial charge on any atom is 0.418 e. The number of piperidine rings is 1. The number of alkyl halides is 3. The molecular formula is C30H30F3N5OS. The molecule has 1 aliphatic carbocycles. The average Bonchev–Trinajstić information content (AvgIpc) is 3.50. The van der Waals surface area contributed by atoms with Crippen LogP contribution in [0.5, 0.6) is 0 Å². The summed E-state index contributed by atoms with van der Waals surface area (Å²) in [5, 5.41) is 11.9. The first-order chi connectivity index (χ1) is 19.2. The summed E-state index contributed by atoms with van der Waals surface area (Å²) in [6.45, 7) is 4.20. The van der Waals surface area contributed by atoms with Crippen molar-refractivity contribution in [3.05, 3.63) is 86.0 Å². The van der Waals surface area contributed by atoms with Crippen LogP contribution in [0.2, 0.25) is 0 Å². The van der Waals surface area contributed by atoms with E-state index in [2.05, 4.69) is 22.9 Å². The van der Waals surface area contributed by atoms with Crippen molar-refractivity contribution in [3.8, 4) is 11.8 Å². The Morgan fingerprint density at radius 1 is 1.18 bits per heavy atom. The molecule has 3 aromatic heterocycles. The fourth-order valence-corrected chi connectivity index (χ4v) is 7.14. The molecule has 6 nitrogen and oxygen atoms in total. The number of likely N-dealkylation sites (tertiary alicyclic amines) is 1. The molecule has 2 atom stereocenters. The molecule has 6 rings (SSSR count). The first-order valence-corrected chi connectivity index (χ1v) is 14.6. The number of hydrogen-bond acceptors (Lipinski definition) is 5. The van der Waals surface area contributed by atoms with Crippen LogP contribution < -0.4 is 5.69 Å². The molecule has 1 saturated carbocycles. The Kier molecular flexibility index (Phi) is 7.05. The van der Waals surface area contributed by atoms with Crippen molar-refractivity contribution < 1.29 is 13.2 Å². The van der Waals surface area contributed by atoms with Gasteiger partial charge in [0.05, 0.1) is 16.8 Å². The summed E-state index contributed by atoms with van der Waals surface area (Å²) in [4.78, 5) is 20.3. The number of thiazole rings is 1. The summed E-state index contributed by atoms with van der Waals surface area (Å²) >= 11 is 1.45. The Balaban J connectivity index is 1.41. The number of fused-ring (bicyclic) bond motifs is 1. The van der Waals surface area contributed by atoms with Crippen LogP contribution in [-0.4, -0.2) is 31.9 Å². The zero-order valence-electron chi connectivity index (χ0n) is 22.2. The lowest BCUT2D eigenvalue weighted by molar-refractivity contribution is -0.136. The van der Waals surface area contributed by atoms with E-state index in [1.54, 1.807) is 17.6 Å². The first kappa shape index (κ1) is 26.8. The van der Waals surface area contributed by atoms with Gasteiger partial charge in [-0.2, -0.15) is 18.4 Å². The SMILES string of the molecule is C[C@H]1CCCN(Cc2cc(C(F)(F)F)c3cn(-c4cccc(C(c5nc(C#N)cs5)C5CCC5)c4)c(=O)n3c2)C1. The second kappa shape index (κ2) is 10.5. The van der Waals surface area contributed by atoms with Crippen molar-refractivity contribution in [2.75, 3.05) is 13.1 Å². The molecule has 4 aromatic rings. The third kappa shape index (κ3) is 5.08. The molecule has 208 valence electrons. The van der Waals surface area contributed by atoms with Crippen LogP contribution in [0.1, 0.15) is 72.3 Å². The topological polar surface area (TPSA) is 66.3 Å². The van der Waals surface area contributed by atoms with Crippen LogP contribution in [0, 0.1) is 23.2 Å². The average molecular weight is 566 g/mol. The highest BCUT2D eigenvalue weighted by atomic mass is 32.1. The van der Waals surface area contributed by atoms with E-state index in [0.29, 0.717) is 35.3 Å². The van der Waals surface area contributed by atoms with Crippen molar-refractivity contribution in [2.45, 2.75) is 57.7 Å². The number of benzene rings is 1. The van der Waals surface area contributed by atoms with Gasteiger partial charge in [0.25, 0.3) is 0 Å². The van der Waals surface area contributed by atoms with Crippen molar-refractivity contribution in [2.24, 2.45) is 11.8 Å². The number of pyridine rings is 1. The number of imidazole rings is 1. The molecule has 0 bridgehead atoms. The maximum absolute atomic E-state index is 14.2. The second-order valence-electron chi connectivity index (χ2n) is 11.2. The van der Waals surface area contributed by atoms with Crippen LogP contribution in [0.25, 0.3) is 11.2 Å². The summed E-state index contributed by atoms with van der Waals surface area (Å²) in [5.41, 5.74) is 0.808. The lowest BCUT2D eigenvalue weighted by Crippen LogP contribution is -2.34. The summed E-state index contributed by atoms with van der Waals surface area (Å²) in [5.74, 6) is 0.836. The minimum atomic E-state index is -4.60. The highest BCUT2D eigenvalue weighted by molar-refractivity contribution is 7.09. The highest BCUT2D eigenvalue weighted by Gasteiger charge is 2.35. The zero-order chi connectivity index (χ0) is 28.0. The minimum Gasteiger partial charge on any atom is -0.299 e. The van der Waals surface area contributed by atoms with Crippen LogP contribution in [0.4, 0.5) is 13.2 Å². The maximum atomic E-state index is 14.2. The number of rotatable bonds is 6. The molecule has 1 aliphatic heterocycles. The van der Waals surface area contributed by atoms with Gasteiger partial charge in [-0.15, -0.1) is 11.3 Å². The molecule has 1 aromatic carbocycles. The van der Waals surface area contributed by atoms with Gasteiger partial charge in [0.2, 0.25) is 0 Å². The van der Waals surface area contributed by atoms with Crippen molar-refractivity contribution >= 4 is 16.9 Å². The van der Waals surface area contributed by atoms with E-state index >= 15 is 0 Å². The van der Waals surface area contributed by atoms with Gasteiger partial charge in [0.1, 0.15) is 11.1 Å². The molecule has 1 saturated heterocycles. The summed E-state index contributed by atoms with van der Waals surface area (Å²) in [6, 6.07) is 10.7. The van der Waals surface area contributed by atoms with E-state index in [9.17, 15) is 23.2 Å². The van der Waals surface area contributed by atoms with E-state index < -0.39 is 17.4 Å². The molecule has 1 unspecified atom stereocenters. The molecule has 0 spiro atoms. The number of nitriles is 1. The smallest absolute Gasteiger partial charge is 0.299 e. The molecule has 2 fully saturated rings. The van der Waals surface area contributed by atoms with Gasteiger partial charge in [-0.25, -0.2) is 9.78 Å². The normalized spacial score (nSPS) is 19.4. The molecule has 0 radical (unpaired) electrons. The van der Waals surface area contributed by atoms with Crippen LogP contribution in [0.15, 0.2) is 52.9 Å². The largest absolute Gasteiger partial charge is 0.418 e. The molecule has 2 aliphatic rings. The molecule has 40 heavy (non-hydrogen) atoms. The Labute approximate surface area is 234 Å². The number of nitrogens with zero attached hydrogens (tertiary/aromatic N) is 5. The quantitative estimate of drug-likeness (QED) is 0.264. The van der Waals surface area contributed by atoms with Gasteiger partial charge in [0, 0.05) is 36.8 Å². The monoisotopic (exact) mass is 565 g/mol. The van der Waals surface area contributed by atoms with Gasteiger partial charge in [-0.1, -0.05) is 25.5 Å². The number of halogens is 3. The van der Waals surface area contributed by atoms with Crippen molar-refractivity contribution in [1.29, 1.82) is 5.26 Å². The van der Waals surface area contributed by atoms with E-state index in [0.717, 1.165) is 60.2 Å². The summed E-state index contributed by atoms with van der Waals surface area (Å²) < 4.78 is 45.2. The molecule has 0 N–H and O–H groups in total. The van der Waals surface area contributed by atoms with Gasteiger partial charge in [-0.05, 0) is 73.4 Å². The van der Waals surface area contributed by atoms with Crippen molar-refractivity contribution in [3.63, 3.8) is 0 Å². The standard InChI is InChI=1S/C30H30F3N5OS/c1-19-5-4-10-36(14-19)15-20-11-25(30(31,32)33)26-17-37(29(39)38(26)16-20)24-9-3-8-22(12-24)27(21-6-2-7-21)28-35-23(13-34)18-40-28/h3,8-9,11-12,16-19,21,27H,2,4-7,10,14-15H2,1H3/t19-,27?/m0/s1. The van der Waals surface area contributed by atoms with Gasteiger partial charge >= 0.3 is 11.9 Å². The Morgan fingerprint density at radius 2 is 2.00 bits per heavy atom. The number of hydrogen-bond donors (Lipinski definition) is 0. The van der Waals surface area contributed by atoms with Gasteiger partial charge in [-0.3, -0.25) is 13.9 Å². The van der Waals surface area contributed by atoms with Gasteiger partial charge < -0.3 is 0 Å². The van der Waals surface area contributed by atoms with E-state index in [4.69, 9.17) is 0 Å². The fraction of sp³-hybridized carbons (Fsp3) is 0.433. The van der Waals surface area contributed by atoms with E-state index in [1.165, 1.54) is 28.2 Å². The van der Waals surface area contributed by atoms with Crippen LogP contribution in [-0.2, 0) is 12.7 Å². The van der Waals surface area contributed by atoms with Crippen molar-refractivity contribution in [1.82, 2.24) is 18.9 Å².